The van der Waals surface area contributed by atoms with Crippen molar-refractivity contribution in [1.82, 2.24) is 4.98 Å². The average Bonchev–Trinajstić information content (AvgIpc) is 2.24. The fraction of sp³-hybridized carbons (Fsp3) is 0.250. The topological polar surface area (TPSA) is 74.7 Å². The summed E-state index contributed by atoms with van der Waals surface area (Å²) in [6, 6.07) is 0.871. The van der Waals surface area contributed by atoms with Gasteiger partial charge in [0.15, 0.2) is 5.82 Å². The minimum Gasteiger partial charge on any atom is -0.307 e. The zero-order chi connectivity index (χ0) is 14.1. The zero-order valence-corrected chi connectivity index (χ0v) is 8.32. The van der Waals surface area contributed by atoms with E-state index >= 15 is 0 Å². The van der Waals surface area contributed by atoms with Gasteiger partial charge in [-0.2, -0.15) is 31.6 Å². The fourth-order valence-corrected chi connectivity index (χ4v) is 1.13. The van der Waals surface area contributed by atoms with Gasteiger partial charge < -0.3 is 5.43 Å². The number of nitrogen functional groups attached to an aromatic ring is 1. The van der Waals surface area contributed by atoms with E-state index in [1.807, 2.05) is 0 Å². The molecule has 1 aromatic heterocycles. The van der Waals surface area contributed by atoms with E-state index in [-0.39, 0.29) is 6.07 Å². The van der Waals surface area contributed by atoms with Crippen molar-refractivity contribution in [2.75, 3.05) is 5.43 Å². The number of nitrogens with one attached hydrogen (secondary N) is 1. The zero-order valence-electron chi connectivity index (χ0n) is 8.32. The fourth-order valence-electron chi connectivity index (χ4n) is 1.13. The van der Waals surface area contributed by atoms with Crippen LogP contribution in [0, 0.1) is 11.3 Å². The van der Waals surface area contributed by atoms with Gasteiger partial charge in [-0.25, -0.2) is 10.8 Å². The van der Waals surface area contributed by atoms with Crippen LogP contribution in [0.3, 0.4) is 0 Å². The maximum absolute atomic E-state index is 12.5. The van der Waals surface area contributed by atoms with Gasteiger partial charge in [0.1, 0.15) is 17.3 Å². The van der Waals surface area contributed by atoms with Crippen molar-refractivity contribution in [1.29, 1.82) is 5.26 Å². The Morgan fingerprint density at radius 2 is 1.72 bits per heavy atom. The van der Waals surface area contributed by atoms with Crippen LogP contribution >= 0.6 is 0 Å². The summed E-state index contributed by atoms with van der Waals surface area (Å²) in [5.41, 5.74) is -3.10. The van der Waals surface area contributed by atoms with E-state index in [2.05, 4.69) is 4.98 Å². The monoisotopic (exact) mass is 270 g/mol. The maximum Gasteiger partial charge on any atom is 0.433 e. The molecule has 0 spiro atoms. The van der Waals surface area contributed by atoms with E-state index in [1.54, 1.807) is 0 Å². The van der Waals surface area contributed by atoms with Crippen molar-refractivity contribution in [2.24, 2.45) is 5.84 Å². The smallest absolute Gasteiger partial charge is 0.307 e. The van der Waals surface area contributed by atoms with Crippen LogP contribution in [0.4, 0.5) is 32.2 Å². The van der Waals surface area contributed by atoms with Gasteiger partial charge in [0.25, 0.3) is 0 Å². The third-order valence-electron chi connectivity index (χ3n) is 1.86. The second kappa shape index (κ2) is 4.34. The van der Waals surface area contributed by atoms with Gasteiger partial charge in [0, 0.05) is 0 Å². The maximum atomic E-state index is 12.5. The first-order valence-corrected chi connectivity index (χ1v) is 4.17. The average molecular weight is 270 g/mol. The molecular formula is C8H4F6N4. The van der Waals surface area contributed by atoms with Gasteiger partial charge in [-0.3, -0.25) is 0 Å². The molecule has 0 aromatic carbocycles. The van der Waals surface area contributed by atoms with Gasteiger partial charge >= 0.3 is 12.4 Å². The van der Waals surface area contributed by atoms with Crippen molar-refractivity contribution in [3.05, 3.63) is 22.9 Å². The Bertz CT molecular complexity index is 498. The Morgan fingerprint density at radius 1 is 1.17 bits per heavy atom. The number of alkyl halides is 6. The summed E-state index contributed by atoms with van der Waals surface area (Å²) in [6.45, 7) is 0. The lowest BCUT2D eigenvalue weighted by Gasteiger charge is -2.14. The number of hydrogen-bond donors (Lipinski definition) is 2. The van der Waals surface area contributed by atoms with E-state index in [4.69, 9.17) is 11.1 Å². The van der Waals surface area contributed by atoms with Crippen LogP contribution < -0.4 is 11.3 Å². The second-order valence-electron chi connectivity index (χ2n) is 3.03. The molecule has 3 N–H and O–H groups in total. The Hall–Kier alpha value is -2.02. The van der Waals surface area contributed by atoms with Crippen LogP contribution in [0.15, 0.2) is 6.07 Å². The van der Waals surface area contributed by atoms with Gasteiger partial charge in [-0.1, -0.05) is 0 Å². The highest BCUT2D eigenvalue weighted by molar-refractivity contribution is 5.57. The molecule has 1 heterocycles. The Morgan fingerprint density at radius 3 is 2.06 bits per heavy atom. The number of nitriles is 1. The van der Waals surface area contributed by atoms with E-state index in [9.17, 15) is 26.3 Å². The van der Waals surface area contributed by atoms with Crippen LogP contribution in [0.1, 0.15) is 16.8 Å². The van der Waals surface area contributed by atoms with Crippen molar-refractivity contribution in [2.45, 2.75) is 12.4 Å². The normalized spacial score (nSPS) is 12.1. The molecule has 0 saturated carbocycles. The van der Waals surface area contributed by atoms with Gasteiger partial charge in [-0.15, -0.1) is 0 Å². The third-order valence-corrected chi connectivity index (χ3v) is 1.86. The molecule has 0 aliphatic rings. The summed E-state index contributed by atoms with van der Waals surface area (Å²) in [4.78, 5) is 2.82. The van der Waals surface area contributed by atoms with E-state index in [0.717, 1.165) is 6.07 Å². The number of aromatic nitrogens is 1. The van der Waals surface area contributed by atoms with Gasteiger partial charge in [0.05, 0.1) is 5.56 Å². The molecule has 0 aliphatic carbocycles. The van der Waals surface area contributed by atoms with Crippen LogP contribution in [0.5, 0.6) is 0 Å². The molecule has 18 heavy (non-hydrogen) atoms. The largest absolute Gasteiger partial charge is 0.433 e. The minimum atomic E-state index is -5.13. The standard InChI is InChI=1S/C8H4F6N4/c9-7(10,11)4-1-5(8(12,13)14)17-6(18-16)3(4)2-15/h1H,16H2,(H,17,18). The first kappa shape index (κ1) is 14.0. The molecule has 0 radical (unpaired) electrons. The van der Waals surface area contributed by atoms with Crippen molar-refractivity contribution in [3.63, 3.8) is 0 Å². The van der Waals surface area contributed by atoms with Crippen LogP contribution in [-0.2, 0) is 12.4 Å². The quantitative estimate of drug-likeness (QED) is 0.466. The SMILES string of the molecule is N#Cc1c(C(F)(F)F)cc(C(F)(F)F)nc1NN. The highest BCUT2D eigenvalue weighted by Crippen LogP contribution is 2.38. The van der Waals surface area contributed by atoms with Gasteiger partial charge in [0.2, 0.25) is 0 Å². The highest BCUT2D eigenvalue weighted by atomic mass is 19.4. The number of halogens is 6. The molecule has 0 fully saturated rings. The predicted octanol–water partition coefficient (Wildman–Crippen LogP) is 2.28. The van der Waals surface area contributed by atoms with E-state index < -0.39 is 35.0 Å². The lowest BCUT2D eigenvalue weighted by atomic mass is 10.1. The number of nitrogens with two attached hydrogens (primary N) is 1. The molecule has 10 heteroatoms. The van der Waals surface area contributed by atoms with Crippen molar-refractivity contribution in [3.8, 4) is 6.07 Å². The Labute approximate surface area is 96.0 Å². The van der Waals surface area contributed by atoms with Crippen LogP contribution in [-0.4, -0.2) is 4.98 Å². The van der Waals surface area contributed by atoms with E-state index in [1.165, 1.54) is 5.43 Å². The number of pyridine rings is 1. The molecule has 0 aliphatic heterocycles. The summed E-state index contributed by atoms with van der Waals surface area (Å²) in [6.07, 6.45) is -10.2. The molecule has 0 atom stereocenters. The molecule has 1 aromatic rings. The molecule has 1 rings (SSSR count). The molecule has 0 amide bonds. The van der Waals surface area contributed by atoms with Crippen LogP contribution in [0.25, 0.3) is 0 Å². The number of anilines is 1. The Balaban J connectivity index is 3.63. The minimum absolute atomic E-state index is 0.237. The molecule has 0 unspecified atom stereocenters. The molecular weight excluding hydrogens is 266 g/mol. The van der Waals surface area contributed by atoms with Crippen molar-refractivity contribution >= 4 is 5.82 Å². The molecule has 0 saturated heterocycles. The second-order valence-corrected chi connectivity index (χ2v) is 3.03. The van der Waals surface area contributed by atoms with Crippen molar-refractivity contribution < 1.29 is 26.3 Å². The first-order chi connectivity index (χ1) is 8.11. The summed E-state index contributed by atoms with van der Waals surface area (Å²) in [7, 11) is 0. The third kappa shape index (κ3) is 2.62. The summed E-state index contributed by atoms with van der Waals surface area (Å²) in [5, 5.41) is 8.52. The van der Waals surface area contributed by atoms with E-state index in [0.29, 0.717) is 0 Å². The number of rotatable bonds is 1. The Kier molecular flexibility index (Phi) is 3.38. The molecule has 98 valence electrons. The van der Waals surface area contributed by atoms with Crippen LogP contribution in [0.2, 0.25) is 0 Å². The summed E-state index contributed by atoms with van der Waals surface area (Å²) >= 11 is 0. The lowest BCUT2D eigenvalue weighted by molar-refractivity contribution is -0.145. The predicted molar refractivity (Wildman–Crippen MR) is 46.8 cm³/mol. The number of hydrogen-bond acceptors (Lipinski definition) is 4. The highest BCUT2D eigenvalue weighted by Gasteiger charge is 2.40. The lowest BCUT2D eigenvalue weighted by Crippen LogP contribution is -2.19. The number of hydrazine groups is 1. The summed E-state index contributed by atoms with van der Waals surface area (Å²) in [5.74, 6) is 3.77. The number of nitrogens with zero attached hydrogens (tertiary/aromatic N) is 2. The molecule has 0 bridgehead atoms. The first-order valence-electron chi connectivity index (χ1n) is 4.17. The molecule has 4 nitrogen and oxygen atoms in total. The van der Waals surface area contributed by atoms with Gasteiger partial charge in [-0.05, 0) is 6.07 Å². The summed E-state index contributed by atoms with van der Waals surface area (Å²) < 4.78 is 74.5.